The lowest BCUT2D eigenvalue weighted by atomic mass is 9.87. The number of fused-ring (bicyclic) bond motifs is 1. The molecule has 0 aliphatic heterocycles. The third-order valence-electron chi connectivity index (χ3n) is 4.37. The smallest absolute Gasteiger partial charge is 0.333 e. The summed E-state index contributed by atoms with van der Waals surface area (Å²) in [6, 6.07) is 5.95. The van der Waals surface area contributed by atoms with Gasteiger partial charge in [-0.2, -0.15) is 5.10 Å². The van der Waals surface area contributed by atoms with Crippen LogP contribution in [0, 0.1) is 17.0 Å². The molecule has 0 saturated carbocycles. The van der Waals surface area contributed by atoms with Gasteiger partial charge in [-0.15, -0.1) is 0 Å². The van der Waals surface area contributed by atoms with Gasteiger partial charge >= 0.3 is 5.69 Å². The molecule has 3 rings (SSSR count). The summed E-state index contributed by atoms with van der Waals surface area (Å²) in [6.45, 7) is 4.18. The first kappa shape index (κ1) is 15.3. The lowest BCUT2D eigenvalue weighted by Gasteiger charge is -2.27. The van der Waals surface area contributed by atoms with Gasteiger partial charge in [0.05, 0.1) is 11.0 Å². The maximum Gasteiger partial charge on any atom is 0.333 e. The molecule has 0 spiro atoms. The molecule has 1 aromatic carbocycles. The fraction of sp³-hybridized carbons (Fsp3) is 0.438. The molecule has 2 aromatic rings. The standard InChI is InChI=1S/C16H21N5O2/c1-3-20-16(15(21(22)23)10(2)19-20)18-14-6-4-5-11-9-12(17)7-8-13(11)14/h7-9,14,18H,3-6,17H2,1-2H3. The summed E-state index contributed by atoms with van der Waals surface area (Å²) in [5.41, 5.74) is 9.51. The summed E-state index contributed by atoms with van der Waals surface area (Å²) in [4.78, 5) is 11.0. The van der Waals surface area contributed by atoms with Crippen LogP contribution in [0.1, 0.15) is 42.6 Å². The second-order valence-electron chi connectivity index (χ2n) is 5.90. The van der Waals surface area contributed by atoms with Crippen molar-refractivity contribution in [2.24, 2.45) is 0 Å². The fourth-order valence-corrected chi connectivity index (χ4v) is 3.31. The van der Waals surface area contributed by atoms with Crippen LogP contribution in [0.15, 0.2) is 18.2 Å². The quantitative estimate of drug-likeness (QED) is 0.513. The predicted octanol–water partition coefficient (Wildman–Crippen LogP) is 3.19. The molecule has 122 valence electrons. The number of anilines is 2. The van der Waals surface area contributed by atoms with Crippen molar-refractivity contribution in [3.8, 4) is 0 Å². The molecule has 0 radical (unpaired) electrons. The maximum atomic E-state index is 11.4. The van der Waals surface area contributed by atoms with E-state index in [-0.39, 0.29) is 16.7 Å². The number of nitrogen functional groups attached to an aromatic ring is 1. The van der Waals surface area contributed by atoms with Crippen LogP contribution >= 0.6 is 0 Å². The van der Waals surface area contributed by atoms with Gasteiger partial charge in [-0.1, -0.05) is 6.07 Å². The number of nitrogens with zero attached hydrogens (tertiary/aromatic N) is 3. The largest absolute Gasteiger partial charge is 0.399 e. The van der Waals surface area contributed by atoms with Gasteiger partial charge in [-0.3, -0.25) is 10.1 Å². The Morgan fingerprint density at radius 1 is 1.52 bits per heavy atom. The van der Waals surface area contributed by atoms with Crippen molar-refractivity contribution in [3.05, 3.63) is 45.1 Å². The summed E-state index contributed by atoms with van der Waals surface area (Å²) in [5.74, 6) is 0.490. The Morgan fingerprint density at radius 2 is 2.30 bits per heavy atom. The van der Waals surface area contributed by atoms with Crippen LogP contribution in [-0.2, 0) is 13.0 Å². The van der Waals surface area contributed by atoms with E-state index in [1.807, 2.05) is 25.1 Å². The highest BCUT2D eigenvalue weighted by atomic mass is 16.6. The molecule has 7 heteroatoms. The Bertz CT molecular complexity index is 753. The second-order valence-corrected chi connectivity index (χ2v) is 5.90. The van der Waals surface area contributed by atoms with Crippen LogP contribution in [0.3, 0.4) is 0 Å². The number of aryl methyl sites for hydroxylation is 3. The Labute approximate surface area is 134 Å². The molecule has 0 fully saturated rings. The number of aromatic nitrogens is 2. The Hall–Kier alpha value is -2.57. The van der Waals surface area contributed by atoms with Crippen LogP contribution in [0.25, 0.3) is 0 Å². The van der Waals surface area contributed by atoms with Crippen molar-refractivity contribution in [3.63, 3.8) is 0 Å². The zero-order chi connectivity index (χ0) is 16.6. The average Bonchev–Trinajstić information content (AvgIpc) is 2.83. The van der Waals surface area contributed by atoms with Crippen molar-refractivity contribution in [2.75, 3.05) is 11.1 Å². The summed E-state index contributed by atoms with van der Waals surface area (Å²) >= 11 is 0. The molecule has 0 bridgehead atoms. The van der Waals surface area contributed by atoms with E-state index in [1.54, 1.807) is 11.6 Å². The number of nitro groups is 1. The van der Waals surface area contributed by atoms with Crippen molar-refractivity contribution in [1.82, 2.24) is 9.78 Å². The highest BCUT2D eigenvalue weighted by molar-refractivity contribution is 5.61. The third kappa shape index (κ3) is 2.74. The van der Waals surface area contributed by atoms with Crippen LogP contribution in [-0.4, -0.2) is 14.7 Å². The lowest BCUT2D eigenvalue weighted by Crippen LogP contribution is -2.20. The van der Waals surface area contributed by atoms with Crippen molar-refractivity contribution in [1.29, 1.82) is 0 Å². The summed E-state index contributed by atoms with van der Waals surface area (Å²) in [7, 11) is 0. The first-order chi connectivity index (χ1) is 11.0. The number of benzene rings is 1. The number of rotatable bonds is 4. The highest BCUT2D eigenvalue weighted by Crippen LogP contribution is 2.37. The zero-order valence-electron chi connectivity index (χ0n) is 13.4. The number of hydrogen-bond acceptors (Lipinski definition) is 5. The molecule has 0 amide bonds. The number of nitrogens with one attached hydrogen (secondary N) is 1. The van der Waals surface area contributed by atoms with Gasteiger partial charge in [-0.25, -0.2) is 4.68 Å². The van der Waals surface area contributed by atoms with E-state index in [1.165, 1.54) is 11.1 Å². The van der Waals surface area contributed by atoms with Crippen LogP contribution in [0.2, 0.25) is 0 Å². The van der Waals surface area contributed by atoms with Crippen LogP contribution in [0.4, 0.5) is 17.2 Å². The van der Waals surface area contributed by atoms with Gasteiger partial charge < -0.3 is 11.1 Å². The third-order valence-corrected chi connectivity index (χ3v) is 4.37. The van der Waals surface area contributed by atoms with Gasteiger partial charge in [0.2, 0.25) is 5.82 Å². The molecule has 1 unspecified atom stereocenters. The average molecular weight is 315 g/mol. The highest BCUT2D eigenvalue weighted by Gasteiger charge is 2.29. The maximum absolute atomic E-state index is 11.4. The van der Waals surface area contributed by atoms with Gasteiger partial charge in [0, 0.05) is 12.2 Å². The zero-order valence-corrected chi connectivity index (χ0v) is 13.4. The molecule has 1 aliphatic rings. The summed E-state index contributed by atoms with van der Waals surface area (Å²) in [6.07, 6.45) is 2.95. The summed E-state index contributed by atoms with van der Waals surface area (Å²) < 4.78 is 1.67. The minimum absolute atomic E-state index is 0.0412. The minimum Gasteiger partial charge on any atom is -0.399 e. The molecule has 1 heterocycles. The topological polar surface area (TPSA) is 99.0 Å². The molecule has 1 atom stereocenters. The van der Waals surface area contributed by atoms with E-state index in [0.717, 1.165) is 24.9 Å². The second kappa shape index (κ2) is 5.91. The molecular weight excluding hydrogens is 294 g/mol. The molecule has 3 N–H and O–H groups in total. The molecular formula is C16H21N5O2. The van der Waals surface area contributed by atoms with Gasteiger partial charge in [0.1, 0.15) is 5.69 Å². The minimum atomic E-state index is -0.358. The fourth-order valence-electron chi connectivity index (χ4n) is 3.31. The molecule has 1 aliphatic carbocycles. The van der Waals surface area contributed by atoms with E-state index >= 15 is 0 Å². The molecule has 1 aromatic heterocycles. The van der Waals surface area contributed by atoms with Gasteiger partial charge in [0.15, 0.2) is 0 Å². The number of hydrogen-bond donors (Lipinski definition) is 2. The molecule has 0 saturated heterocycles. The van der Waals surface area contributed by atoms with E-state index in [2.05, 4.69) is 10.4 Å². The Balaban J connectivity index is 1.99. The Kier molecular flexibility index (Phi) is 3.94. The van der Waals surface area contributed by atoms with Crippen molar-refractivity contribution in [2.45, 2.75) is 45.7 Å². The lowest BCUT2D eigenvalue weighted by molar-refractivity contribution is -0.384. The van der Waals surface area contributed by atoms with Crippen LogP contribution < -0.4 is 11.1 Å². The van der Waals surface area contributed by atoms with Crippen LogP contribution in [0.5, 0.6) is 0 Å². The normalized spacial score (nSPS) is 16.9. The van der Waals surface area contributed by atoms with E-state index in [4.69, 9.17) is 5.73 Å². The molecule has 23 heavy (non-hydrogen) atoms. The van der Waals surface area contributed by atoms with E-state index < -0.39 is 0 Å². The predicted molar refractivity (Wildman–Crippen MR) is 89.4 cm³/mol. The SMILES string of the molecule is CCn1nc(C)c([N+](=O)[O-])c1NC1CCCc2cc(N)ccc21. The van der Waals surface area contributed by atoms with E-state index in [9.17, 15) is 10.1 Å². The summed E-state index contributed by atoms with van der Waals surface area (Å²) in [5, 5.41) is 19.0. The van der Waals surface area contributed by atoms with E-state index in [0.29, 0.717) is 18.1 Å². The Morgan fingerprint density at radius 3 is 3.00 bits per heavy atom. The van der Waals surface area contributed by atoms with Crippen molar-refractivity contribution >= 4 is 17.2 Å². The first-order valence-corrected chi connectivity index (χ1v) is 7.88. The van der Waals surface area contributed by atoms with Gasteiger partial charge in [-0.05, 0) is 56.4 Å². The first-order valence-electron chi connectivity index (χ1n) is 7.88. The monoisotopic (exact) mass is 315 g/mol. The van der Waals surface area contributed by atoms with Gasteiger partial charge in [0.25, 0.3) is 0 Å². The molecule has 7 nitrogen and oxygen atoms in total. The number of nitrogens with two attached hydrogens (primary N) is 1. The van der Waals surface area contributed by atoms with Crippen molar-refractivity contribution < 1.29 is 4.92 Å².